The first-order valence-electron chi connectivity index (χ1n) is 8.20. The number of carbonyl (C=O) groups is 2. The molecule has 29 heavy (non-hydrogen) atoms. The van der Waals surface area contributed by atoms with Gasteiger partial charge in [-0.25, -0.2) is 4.39 Å². The van der Waals surface area contributed by atoms with Crippen LogP contribution in [0.5, 0.6) is 11.5 Å². The van der Waals surface area contributed by atoms with Gasteiger partial charge < -0.3 is 15.4 Å². The van der Waals surface area contributed by atoms with E-state index in [4.69, 9.17) is 4.74 Å². The SMILES string of the molecule is CN/C=C\C(=C/C=O)NC(=O)c1cc(C(F)(F)F)ccc1Oc1ccc(F)cc1. The molecule has 9 heteroatoms. The number of ether oxygens (including phenoxy) is 1. The molecule has 0 aliphatic carbocycles. The summed E-state index contributed by atoms with van der Waals surface area (Å²) in [5, 5.41) is 4.99. The standard InChI is InChI=1S/C20H16F4N2O3/c1-25-10-8-15(9-11-27)26-19(28)17-12-13(20(22,23)24)2-7-18(17)29-16-5-3-14(21)4-6-16/h2-12,25H,1H3,(H,26,28)/b10-8-,15-9+. The molecule has 0 bridgehead atoms. The highest BCUT2D eigenvalue weighted by molar-refractivity contribution is 5.98. The minimum absolute atomic E-state index is 0.0458. The van der Waals surface area contributed by atoms with Crippen LogP contribution in [0.2, 0.25) is 0 Å². The van der Waals surface area contributed by atoms with Gasteiger partial charge in [-0.2, -0.15) is 13.2 Å². The Labute approximate surface area is 163 Å². The van der Waals surface area contributed by atoms with Crippen LogP contribution in [-0.2, 0) is 11.0 Å². The van der Waals surface area contributed by atoms with E-state index < -0.39 is 29.0 Å². The van der Waals surface area contributed by atoms with Crippen molar-refractivity contribution in [1.82, 2.24) is 10.6 Å². The summed E-state index contributed by atoms with van der Waals surface area (Å²) in [5.74, 6) is -1.51. The van der Waals surface area contributed by atoms with Crippen molar-refractivity contribution >= 4 is 12.2 Å². The number of hydrogen-bond donors (Lipinski definition) is 2. The van der Waals surface area contributed by atoms with Gasteiger partial charge in [0.2, 0.25) is 0 Å². The second-order valence-electron chi connectivity index (χ2n) is 5.60. The summed E-state index contributed by atoms with van der Waals surface area (Å²) in [7, 11) is 1.58. The van der Waals surface area contributed by atoms with Crippen LogP contribution in [-0.4, -0.2) is 19.2 Å². The van der Waals surface area contributed by atoms with Gasteiger partial charge in [0.05, 0.1) is 11.1 Å². The molecular formula is C20H16F4N2O3. The third-order valence-electron chi connectivity index (χ3n) is 3.53. The summed E-state index contributed by atoms with van der Waals surface area (Å²) in [5.41, 5.74) is -1.43. The monoisotopic (exact) mass is 408 g/mol. The highest BCUT2D eigenvalue weighted by Gasteiger charge is 2.32. The molecule has 5 nitrogen and oxygen atoms in total. The Kier molecular flexibility index (Phi) is 7.13. The maximum atomic E-state index is 13.1. The van der Waals surface area contributed by atoms with Crippen LogP contribution in [0.1, 0.15) is 15.9 Å². The molecule has 0 saturated heterocycles. The van der Waals surface area contributed by atoms with Crippen LogP contribution >= 0.6 is 0 Å². The summed E-state index contributed by atoms with van der Waals surface area (Å²) in [6, 6.07) is 7.13. The van der Waals surface area contributed by atoms with E-state index in [1.807, 2.05) is 0 Å². The number of allylic oxidation sites excluding steroid dienone is 2. The number of amides is 1. The largest absolute Gasteiger partial charge is 0.457 e. The van der Waals surface area contributed by atoms with Crippen molar-refractivity contribution in [3.05, 3.63) is 83.5 Å². The van der Waals surface area contributed by atoms with Gasteiger partial charge in [0.15, 0.2) is 0 Å². The molecule has 0 saturated carbocycles. The van der Waals surface area contributed by atoms with E-state index in [1.165, 1.54) is 24.4 Å². The third-order valence-corrected chi connectivity index (χ3v) is 3.53. The second-order valence-corrected chi connectivity index (χ2v) is 5.60. The van der Waals surface area contributed by atoms with Gasteiger partial charge in [0.1, 0.15) is 23.6 Å². The predicted octanol–water partition coefficient (Wildman–Crippen LogP) is 4.18. The van der Waals surface area contributed by atoms with Crippen LogP contribution in [0, 0.1) is 5.82 Å². The smallest absolute Gasteiger partial charge is 0.416 e. The fraction of sp³-hybridized carbons (Fsp3) is 0.100. The molecule has 1 amide bonds. The molecule has 152 valence electrons. The average molecular weight is 408 g/mol. The van der Waals surface area contributed by atoms with Crippen molar-refractivity contribution in [2.45, 2.75) is 6.18 Å². The summed E-state index contributed by atoms with van der Waals surface area (Å²) < 4.78 is 57.8. The van der Waals surface area contributed by atoms with Crippen molar-refractivity contribution in [3.8, 4) is 11.5 Å². The summed E-state index contributed by atoms with van der Waals surface area (Å²) in [6.07, 6.45) is -0.480. The number of benzene rings is 2. The van der Waals surface area contributed by atoms with E-state index in [1.54, 1.807) is 7.05 Å². The Morgan fingerprint density at radius 1 is 1.10 bits per heavy atom. The normalized spacial score (nSPS) is 12.0. The van der Waals surface area contributed by atoms with Crippen molar-refractivity contribution in [2.24, 2.45) is 0 Å². The minimum atomic E-state index is -4.68. The Morgan fingerprint density at radius 3 is 2.38 bits per heavy atom. The number of alkyl halides is 3. The number of hydrogen-bond acceptors (Lipinski definition) is 4. The van der Waals surface area contributed by atoms with E-state index in [-0.39, 0.29) is 17.2 Å². The van der Waals surface area contributed by atoms with Gasteiger partial charge in [-0.05, 0) is 54.7 Å². The molecule has 2 rings (SSSR count). The molecule has 0 heterocycles. The van der Waals surface area contributed by atoms with Crippen LogP contribution in [0.25, 0.3) is 0 Å². The van der Waals surface area contributed by atoms with Gasteiger partial charge in [-0.3, -0.25) is 9.59 Å². The number of rotatable bonds is 7. The number of aldehydes is 1. The number of halogens is 4. The van der Waals surface area contributed by atoms with Crippen molar-refractivity contribution in [1.29, 1.82) is 0 Å². The maximum absolute atomic E-state index is 13.1. The van der Waals surface area contributed by atoms with E-state index in [2.05, 4.69) is 10.6 Å². The van der Waals surface area contributed by atoms with E-state index in [0.717, 1.165) is 30.3 Å². The van der Waals surface area contributed by atoms with Gasteiger partial charge in [-0.15, -0.1) is 0 Å². The molecular weight excluding hydrogens is 392 g/mol. The van der Waals surface area contributed by atoms with Crippen LogP contribution in [0.15, 0.2) is 66.5 Å². The lowest BCUT2D eigenvalue weighted by atomic mass is 10.1. The Morgan fingerprint density at radius 2 is 1.79 bits per heavy atom. The van der Waals surface area contributed by atoms with E-state index in [9.17, 15) is 27.2 Å². The third kappa shape index (κ3) is 6.20. The van der Waals surface area contributed by atoms with E-state index >= 15 is 0 Å². The zero-order valence-corrected chi connectivity index (χ0v) is 15.1. The molecule has 0 spiro atoms. The van der Waals surface area contributed by atoms with Gasteiger partial charge in [0, 0.05) is 18.8 Å². The van der Waals surface area contributed by atoms with Crippen molar-refractivity contribution in [3.63, 3.8) is 0 Å². The zero-order chi connectivity index (χ0) is 21.4. The fourth-order valence-electron chi connectivity index (χ4n) is 2.19. The first-order chi connectivity index (χ1) is 13.7. The van der Waals surface area contributed by atoms with Gasteiger partial charge in [0.25, 0.3) is 5.91 Å². The molecule has 0 fully saturated rings. The molecule has 0 atom stereocenters. The van der Waals surface area contributed by atoms with E-state index in [0.29, 0.717) is 12.4 Å². The Hall–Kier alpha value is -3.62. The summed E-state index contributed by atoms with van der Waals surface area (Å²) >= 11 is 0. The number of nitrogens with one attached hydrogen (secondary N) is 2. The first kappa shape index (κ1) is 21.7. The number of carbonyl (C=O) groups excluding carboxylic acids is 2. The quantitative estimate of drug-likeness (QED) is 0.312. The van der Waals surface area contributed by atoms with Crippen LogP contribution in [0.4, 0.5) is 17.6 Å². The van der Waals surface area contributed by atoms with Crippen LogP contribution in [0.3, 0.4) is 0 Å². The Bertz CT molecular complexity index is 936. The molecule has 0 aliphatic heterocycles. The fourth-order valence-corrected chi connectivity index (χ4v) is 2.19. The molecule has 0 radical (unpaired) electrons. The first-order valence-corrected chi connectivity index (χ1v) is 8.20. The zero-order valence-electron chi connectivity index (χ0n) is 15.1. The maximum Gasteiger partial charge on any atom is 0.416 e. The highest BCUT2D eigenvalue weighted by Crippen LogP contribution is 2.34. The van der Waals surface area contributed by atoms with Crippen molar-refractivity contribution < 1.29 is 31.9 Å². The predicted molar refractivity (Wildman–Crippen MR) is 97.7 cm³/mol. The lowest BCUT2D eigenvalue weighted by Gasteiger charge is -2.15. The topological polar surface area (TPSA) is 67.4 Å². The molecule has 0 aliphatic rings. The molecule has 0 unspecified atom stereocenters. The van der Waals surface area contributed by atoms with Gasteiger partial charge in [-0.1, -0.05) is 0 Å². The minimum Gasteiger partial charge on any atom is -0.457 e. The molecule has 0 aromatic heterocycles. The van der Waals surface area contributed by atoms with Gasteiger partial charge >= 0.3 is 6.18 Å². The highest BCUT2D eigenvalue weighted by atomic mass is 19.4. The van der Waals surface area contributed by atoms with Crippen LogP contribution < -0.4 is 15.4 Å². The molecule has 2 aromatic carbocycles. The van der Waals surface area contributed by atoms with Crippen molar-refractivity contribution in [2.75, 3.05) is 7.05 Å². The summed E-state index contributed by atoms with van der Waals surface area (Å²) in [6.45, 7) is 0. The molecule has 2 aromatic rings. The summed E-state index contributed by atoms with van der Waals surface area (Å²) in [4.78, 5) is 23.3. The Balaban J connectivity index is 2.43. The average Bonchev–Trinajstić information content (AvgIpc) is 2.67. The lowest BCUT2D eigenvalue weighted by Crippen LogP contribution is -2.23. The molecule has 2 N–H and O–H groups in total. The second kappa shape index (κ2) is 9.54. The lowest BCUT2D eigenvalue weighted by molar-refractivity contribution is -0.137.